The lowest BCUT2D eigenvalue weighted by atomic mass is 9.93. The fraction of sp³-hybridized carbons (Fsp3) is 0.333. The zero-order valence-corrected chi connectivity index (χ0v) is 16.6. The van der Waals surface area contributed by atoms with Crippen LogP contribution >= 0.6 is 0 Å². The number of rotatable bonds is 2. The lowest BCUT2D eigenvalue weighted by Crippen LogP contribution is -2.32. The zero-order valence-electron chi connectivity index (χ0n) is 16.6. The van der Waals surface area contributed by atoms with Crippen LogP contribution in [0.3, 0.4) is 0 Å². The Labute approximate surface area is 156 Å². The minimum atomic E-state index is 0.542. The van der Waals surface area contributed by atoms with E-state index in [1.165, 1.54) is 50.3 Å². The van der Waals surface area contributed by atoms with Gasteiger partial charge in [-0.2, -0.15) is 0 Å². The first kappa shape index (κ1) is 17.0. The van der Waals surface area contributed by atoms with Crippen molar-refractivity contribution in [1.29, 1.82) is 0 Å². The van der Waals surface area contributed by atoms with Gasteiger partial charge in [0.15, 0.2) is 6.20 Å². The molecule has 0 radical (unpaired) electrons. The highest BCUT2D eigenvalue weighted by molar-refractivity contribution is 5.81. The summed E-state index contributed by atoms with van der Waals surface area (Å²) < 4.78 is 2.28. The summed E-state index contributed by atoms with van der Waals surface area (Å²) in [4.78, 5) is 4.77. The molecule has 1 aliphatic rings. The number of hydrogen-bond donors (Lipinski definition) is 0. The Morgan fingerprint density at radius 3 is 2.38 bits per heavy atom. The second-order valence-corrected chi connectivity index (χ2v) is 7.95. The van der Waals surface area contributed by atoms with E-state index >= 15 is 0 Å². The number of fused-ring (bicyclic) bond motifs is 3. The molecule has 1 aliphatic carbocycles. The van der Waals surface area contributed by atoms with Crippen molar-refractivity contribution < 1.29 is 4.57 Å². The Hall–Kier alpha value is -2.48. The summed E-state index contributed by atoms with van der Waals surface area (Å²) in [5, 5.41) is 0. The molecule has 0 amide bonds. The second-order valence-electron chi connectivity index (χ2n) is 7.95. The molecule has 0 fully saturated rings. The van der Waals surface area contributed by atoms with Gasteiger partial charge in [0.1, 0.15) is 7.05 Å². The highest BCUT2D eigenvalue weighted by Crippen LogP contribution is 2.40. The van der Waals surface area contributed by atoms with Crippen LogP contribution in [0, 0.1) is 20.8 Å². The van der Waals surface area contributed by atoms with Crippen molar-refractivity contribution in [3.05, 3.63) is 70.2 Å². The molecule has 3 aromatic rings. The molecule has 0 saturated carbocycles. The summed E-state index contributed by atoms with van der Waals surface area (Å²) in [6, 6.07) is 11.3. The molecule has 4 rings (SSSR count). The summed E-state index contributed by atoms with van der Waals surface area (Å²) in [6.45, 7) is 11.1. The molecule has 0 N–H and O–H groups in total. The monoisotopic (exact) mass is 343 g/mol. The molecule has 0 saturated heterocycles. The van der Waals surface area contributed by atoms with E-state index < -0.39 is 0 Å². The largest absolute Gasteiger partial charge is 0.257 e. The average Bonchev–Trinajstić information content (AvgIpc) is 2.95. The topological polar surface area (TPSA) is 16.8 Å². The van der Waals surface area contributed by atoms with Gasteiger partial charge in [0.05, 0.1) is 5.69 Å². The van der Waals surface area contributed by atoms with Crippen LogP contribution < -0.4 is 4.57 Å². The lowest BCUT2D eigenvalue weighted by molar-refractivity contribution is -0.660. The Kier molecular flexibility index (Phi) is 3.95. The maximum Gasteiger partial charge on any atom is 0.212 e. The Morgan fingerprint density at radius 2 is 1.65 bits per heavy atom. The Morgan fingerprint density at radius 1 is 0.962 bits per heavy atom. The highest BCUT2D eigenvalue weighted by atomic mass is 14.9. The van der Waals surface area contributed by atoms with Gasteiger partial charge in [0.25, 0.3) is 0 Å². The number of hydrogen-bond acceptors (Lipinski definition) is 1. The third-order valence-corrected chi connectivity index (χ3v) is 5.77. The first-order valence-corrected chi connectivity index (χ1v) is 9.46. The van der Waals surface area contributed by atoms with E-state index in [1.54, 1.807) is 0 Å². The quantitative estimate of drug-likeness (QED) is 0.458. The standard InChI is InChI=1S/C24H27N2/c1-14(2)22-13-26(6)24(11-15(22)3)18-9-10-19-20-8-7-16(4)25-23(20)12-21(19)17(18)5/h7-11,13-14H,12H2,1-6H3/q+1. The minimum Gasteiger partial charge on any atom is -0.257 e. The summed E-state index contributed by atoms with van der Waals surface area (Å²) in [5.74, 6) is 0.542. The maximum atomic E-state index is 4.77. The lowest BCUT2D eigenvalue weighted by Gasteiger charge is -2.13. The second kappa shape index (κ2) is 6.05. The van der Waals surface area contributed by atoms with Gasteiger partial charge in [-0.3, -0.25) is 4.98 Å². The third-order valence-electron chi connectivity index (χ3n) is 5.77. The fourth-order valence-electron chi connectivity index (χ4n) is 4.31. The molecule has 0 unspecified atom stereocenters. The predicted molar refractivity (Wildman–Crippen MR) is 107 cm³/mol. The molecular formula is C24H27N2+. The molecule has 2 heterocycles. The van der Waals surface area contributed by atoms with Crippen LogP contribution in [0.25, 0.3) is 22.4 Å². The molecule has 132 valence electrons. The molecular weight excluding hydrogens is 316 g/mol. The van der Waals surface area contributed by atoms with Gasteiger partial charge >= 0.3 is 0 Å². The van der Waals surface area contributed by atoms with Crippen molar-refractivity contribution in [3.8, 4) is 22.4 Å². The van der Waals surface area contributed by atoms with Gasteiger partial charge in [0, 0.05) is 34.9 Å². The van der Waals surface area contributed by atoms with Crippen molar-refractivity contribution >= 4 is 0 Å². The summed E-state index contributed by atoms with van der Waals surface area (Å²) in [5.41, 5.74) is 13.2. The van der Waals surface area contributed by atoms with Gasteiger partial charge in [-0.15, -0.1) is 0 Å². The van der Waals surface area contributed by atoms with Crippen LogP contribution in [0.5, 0.6) is 0 Å². The predicted octanol–water partition coefficient (Wildman–Crippen LogP) is 5.19. The van der Waals surface area contributed by atoms with E-state index in [1.807, 2.05) is 0 Å². The van der Waals surface area contributed by atoms with Gasteiger partial charge in [-0.25, -0.2) is 4.57 Å². The minimum absolute atomic E-state index is 0.542. The van der Waals surface area contributed by atoms with E-state index in [-0.39, 0.29) is 0 Å². The smallest absolute Gasteiger partial charge is 0.212 e. The molecule has 2 nitrogen and oxygen atoms in total. The Bertz CT molecular complexity index is 1030. The highest BCUT2D eigenvalue weighted by Gasteiger charge is 2.25. The van der Waals surface area contributed by atoms with E-state index in [0.717, 1.165) is 12.1 Å². The van der Waals surface area contributed by atoms with Crippen molar-refractivity contribution in [1.82, 2.24) is 4.98 Å². The van der Waals surface area contributed by atoms with Crippen molar-refractivity contribution in [2.45, 2.75) is 47.0 Å². The molecule has 0 bridgehead atoms. The normalized spacial score (nSPS) is 12.4. The van der Waals surface area contributed by atoms with E-state index in [9.17, 15) is 0 Å². The molecule has 2 aromatic heterocycles. The van der Waals surface area contributed by atoms with Gasteiger partial charge in [-0.05, 0) is 61.1 Å². The average molecular weight is 343 g/mol. The van der Waals surface area contributed by atoms with E-state index in [0.29, 0.717) is 5.92 Å². The van der Waals surface area contributed by atoms with E-state index in [2.05, 4.69) is 82.8 Å². The first-order chi connectivity index (χ1) is 12.4. The number of nitrogens with zero attached hydrogens (tertiary/aromatic N) is 2. The van der Waals surface area contributed by atoms with Crippen molar-refractivity contribution in [3.63, 3.8) is 0 Å². The SMILES string of the molecule is Cc1ccc2c(n1)Cc1c-2ccc(-c2cc(C)c(C(C)C)c[n+]2C)c1C. The van der Waals surface area contributed by atoms with Crippen LogP contribution in [0.2, 0.25) is 0 Å². The molecule has 0 spiro atoms. The molecule has 0 aliphatic heterocycles. The Balaban J connectivity index is 1.86. The van der Waals surface area contributed by atoms with Gasteiger partial charge in [-0.1, -0.05) is 26.0 Å². The molecule has 1 aromatic carbocycles. The van der Waals surface area contributed by atoms with Crippen LogP contribution in [0.15, 0.2) is 36.5 Å². The van der Waals surface area contributed by atoms with Crippen LogP contribution in [-0.4, -0.2) is 4.98 Å². The third kappa shape index (κ3) is 2.56. The number of benzene rings is 1. The van der Waals surface area contributed by atoms with Gasteiger partial charge < -0.3 is 0 Å². The first-order valence-electron chi connectivity index (χ1n) is 9.46. The van der Waals surface area contributed by atoms with Crippen molar-refractivity contribution in [2.24, 2.45) is 7.05 Å². The fourth-order valence-corrected chi connectivity index (χ4v) is 4.31. The summed E-state index contributed by atoms with van der Waals surface area (Å²) >= 11 is 0. The number of aromatic nitrogens is 2. The molecule has 2 heteroatoms. The number of pyridine rings is 2. The van der Waals surface area contributed by atoms with E-state index in [4.69, 9.17) is 4.98 Å². The van der Waals surface area contributed by atoms with Crippen LogP contribution in [-0.2, 0) is 13.5 Å². The number of aryl methyl sites for hydroxylation is 3. The molecule has 0 atom stereocenters. The maximum absolute atomic E-state index is 4.77. The molecule has 26 heavy (non-hydrogen) atoms. The van der Waals surface area contributed by atoms with Crippen LogP contribution in [0.4, 0.5) is 0 Å². The van der Waals surface area contributed by atoms with Crippen molar-refractivity contribution in [2.75, 3.05) is 0 Å². The summed E-state index contributed by atoms with van der Waals surface area (Å²) in [7, 11) is 2.16. The zero-order chi connectivity index (χ0) is 18.6. The van der Waals surface area contributed by atoms with Crippen LogP contribution in [0.1, 0.15) is 53.4 Å². The van der Waals surface area contributed by atoms with Gasteiger partial charge in [0.2, 0.25) is 5.69 Å². The summed E-state index contributed by atoms with van der Waals surface area (Å²) in [6.07, 6.45) is 3.24.